The van der Waals surface area contributed by atoms with Crippen molar-refractivity contribution in [3.8, 4) is 0 Å². The molecule has 0 aromatic carbocycles. The maximum absolute atomic E-state index is 12.3. The molecule has 1 aromatic heterocycles. The molecule has 0 N–H and O–H groups in total. The fourth-order valence-electron chi connectivity index (χ4n) is 3.44. The maximum Gasteiger partial charge on any atom is 0.187 e. The smallest absolute Gasteiger partial charge is 0.187 e. The molecule has 2 unspecified atom stereocenters. The summed E-state index contributed by atoms with van der Waals surface area (Å²) in [7, 11) is 0. The molecule has 2 nitrogen and oxygen atoms in total. The number of piperidine rings is 1. The molecule has 18 heavy (non-hydrogen) atoms. The predicted octanol–water partition coefficient (Wildman–Crippen LogP) is 3.82. The quantitative estimate of drug-likeness (QED) is 0.787. The lowest BCUT2D eigenvalue weighted by Crippen LogP contribution is -2.44. The molecule has 2 aliphatic rings. The minimum Gasteiger partial charge on any atom is -0.295 e. The second-order valence-electron chi connectivity index (χ2n) is 5.61. The first-order valence-electron chi connectivity index (χ1n) is 6.71. The number of hydrogen-bond acceptors (Lipinski definition) is 3. The summed E-state index contributed by atoms with van der Waals surface area (Å²) in [6, 6.07) is 1.96. The standard InChI is InChI=1S/C14H18BrNOS/c15-12-4-5-18-14(12)13(17)9-16-7-10-2-1-3-11(6-10)8-16/h4-5,10-11H,1-3,6-9H2. The normalized spacial score (nSPS) is 28.3. The SMILES string of the molecule is O=C(CN1CC2CCCC(C2)C1)c1sccc1Br. The number of thiophene rings is 1. The number of nitrogens with zero attached hydrogens (tertiary/aromatic N) is 1. The highest BCUT2D eigenvalue weighted by Crippen LogP contribution is 2.34. The molecular formula is C14H18BrNOS. The van der Waals surface area contributed by atoms with E-state index in [0.29, 0.717) is 6.54 Å². The average Bonchev–Trinajstić information content (AvgIpc) is 2.75. The summed E-state index contributed by atoms with van der Waals surface area (Å²) in [6.07, 6.45) is 5.52. The third-order valence-corrected chi connectivity index (χ3v) is 6.04. The first-order valence-corrected chi connectivity index (χ1v) is 8.38. The molecule has 2 atom stereocenters. The Morgan fingerprint density at radius 3 is 2.72 bits per heavy atom. The van der Waals surface area contributed by atoms with E-state index in [1.807, 2.05) is 11.4 Å². The molecule has 0 spiro atoms. The second-order valence-corrected chi connectivity index (χ2v) is 7.38. The Kier molecular flexibility index (Phi) is 3.87. The van der Waals surface area contributed by atoms with Crippen molar-refractivity contribution in [2.45, 2.75) is 25.7 Å². The van der Waals surface area contributed by atoms with E-state index in [9.17, 15) is 4.79 Å². The Hall–Kier alpha value is -0.190. The van der Waals surface area contributed by atoms with Crippen molar-refractivity contribution in [1.82, 2.24) is 4.90 Å². The first kappa shape index (κ1) is 12.8. The molecule has 1 saturated heterocycles. The van der Waals surface area contributed by atoms with Crippen molar-refractivity contribution < 1.29 is 4.79 Å². The van der Waals surface area contributed by atoms with E-state index >= 15 is 0 Å². The van der Waals surface area contributed by atoms with Crippen LogP contribution in [-0.4, -0.2) is 30.3 Å². The number of halogens is 1. The van der Waals surface area contributed by atoms with Gasteiger partial charge in [-0.1, -0.05) is 6.42 Å². The zero-order valence-corrected chi connectivity index (χ0v) is 12.8. The number of carbonyl (C=O) groups is 1. The lowest BCUT2D eigenvalue weighted by molar-refractivity contribution is 0.0704. The molecule has 3 rings (SSSR count). The van der Waals surface area contributed by atoms with Gasteiger partial charge in [-0.2, -0.15) is 0 Å². The molecule has 2 bridgehead atoms. The van der Waals surface area contributed by atoms with Gasteiger partial charge in [-0.15, -0.1) is 11.3 Å². The van der Waals surface area contributed by atoms with Gasteiger partial charge in [-0.3, -0.25) is 9.69 Å². The van der Waals surface area contributed by atoms with Gasteiger partial charge in [-0.25, -0.2) is 0 Å². The minimum atomic E-state index is 0.275. The van der Waals surface area contributed by atoms with E-state index in [1.54, 1.807) is 11.3 Å². The third-order valence-electron chi connectivity index (χ3n) is 4.16. The molecular weight excluding hydrogens is 310 g/mol. The highest BCUT2D eigenvalue weighted by molar-refractivity contribution is 9.10. The number of carbonyl (C=O) groups excluding carboxylic acids is 1. The summed E-state index contributed by atoms with van der Waals surface area (Å²) in [4.78, 5) is 15.5. The second kappa shape index (κ2) is 5.43. The Balaban J connectivity index is 1.63. The van der Waals surface area contributed by atoms with E-state index < -0.39 is 0 Å². The number of hydrogen-bond donors (Lipinski definition) is 0. The first-order chi connectivity index (χ1) is 8.72. The molecule has 98 valence electrons. The Bertz CT molecular complexity index is 433. The van der Waals surface area contributed by atoms with Gasteiger partial charge in [0.05, 0.1) is 11.4 Å². The van der Waals surface area contributed by atoms with Crippen LogP contribution in [0, 0.1) is 11.8 Å². The number of rotatable bonds is 3. The maximum atomic E-state index is 12.3. The van der Waals surface area contributed by atoms with Gasteiger partial charge >= 0.3 is 0 Å². The van der Waals surface area contributed by atoms with E-state index in [2.05, 4.69) is 20.8 Å². The summed E-state index contributed by atoms with van der Waals surface area (Å²) in [5, 5.41) is 1.97. The van der Waals surface area contributed by atoms with Crippen molar-refractivity contribution in [3.63, 3.8) is 0 Å². The molecule has 0 radical (unpaired) electrons. The van der Waals surface area contributed by atoms with E-state index in [-0.39, 0.29) is 5.78 Å². The average molecular weight is 328 g/mol. The Morgan fingerprint density at radius 1 is 1.39 bits per heavy atom. The Labute approximate surface area is 120 Å². The summed E-state index contributed by atoms with van der Waals surface area (Å²) in [5.41, 5.74) is 0. The van der Waals surface area contributed by atoms with Gasteiger partial charge in [0, 0.05) is 17.6 Å². The van der Waals surface area contributed by atoms with E-state index in [4.69, 9.17) is 0 Å². The van der Waals surface area contributed by atoms with Crippen LogP contribution in [0.2, 0.25) is 0 Å². The van der Waals surface area contributed by atoms with E-state index in [1.165, 1.54) is 25.7 Å². The van der Waals surface area contributed by atoms with Crippen LogP contribution in [0.5, 0.6) is 0 Å². The lowest BCUT2D eigenvalue weighted by atomic mass is 9.78. The summed E-state index contributed by atoms with van der Waals surface area (Å²) >= 11 is 5.00. The zero-order valence-electron chi connectivity index (χ0n) is 10.4. The molecule has 1 aliphatic heterocycles. The van der Waals surface area contributed by atoms with Crippen molar-refractivity contribution in [1.29, 1.82) is 0 Å². The van der Waals surface area contributed by atoms with Gasteiger partial charge in [0.15, 0.2) is 5.78 Å². The van der Waals surface area contributed by atoms with Crippen LogP contribution in [0.15, 0.2) is 15.9 Å². The van der Waals surface area contributed by atoms with Crippen LogP contribution in [0.1, 0.15) is 35.4 Å². The fraction of sp³-hybridized carbons (Fsp3) is 0.643. The molecule has 1 aromatic rings. The molecule has 1 saturated carbocycles. The molecule has 1 aliphatic carbocycles. The van der Waals surface area contributed by atoms with Crippen LogP contribution in [-0.2, 0) is 0 Å². The van der Waals surface area contributed by atoms with Gasteiger partial charge in [0.1, 0.15) is 0 Å². The Morgan fingerprint density at radius 2 is 2.11 bits per heavy atom. The van der Waals surface area contributed by atoms with Crippen LogP contribution in [0.25, 0.3) is 0 Å². The van der Waals surface area contributed by atoms with Gasteiger partial charge in [0.25, 0.3) is 0 Å². The summed E-state index contributed by atoms with van der Waals surface area (Å²) in [6.45, 7) is 2.86. The topological polar surface area (TPSA) is 20.3 Å². The highest BCUT2D eigenvalue weighted by atomic mass is 79.9. The van der Waals surface area contributed by atoms with Gasteiger partial charge < -0.3 is 0 Å². The van der Waals surface area contributed by atoms with Crippen molar-refractivity contribution >= 4 is 33.0 Å². The number of fused-ring (bicyclic) bond motifs is 2. The van der Waals surface area contributed by atoms with E-state index in [0.717, 1.165) is 34.3 Å². The van der Waals surface area contributed by atoms with Crippen LogP contribution >= 0.6 is 27.3 Å². The number of likely N-dealkylation sites (tertiary alicyclic amines) is 1. The third kappa shape index (κ3) is 2.70. The summed E-state index contributed by atoms with van der Waals surface area (Å²) < 4.78 is 0.953. The van der Waals surface area contributed by atoms with Crippen molar-refractivity contribution in [2.24, 2.45) is 11.8 Å². The highest BCUT2D eigenvalue weighted by Gasteiger charge is 2.31. The fourth-order valence-corrected chi connectivity index (χ4v) is 4.96. The zero-order chi connectivity index (χ0) is 12.5. The predicted molar refractivity (Wildman–Crippen MR) is 78.2 cm³/mol. The molecule has 0 amide bonds. The monoisotopic (exact) mass is 327 g/mol. The van der Waals surface area contributed by atoms with Crippen molar-refractivity contribution in [2.75, 3.05) is 19.6 Å². The minimum absolute atomic E-state index is 0.275. The summed E-state index contributed by atoms with van der Waals surface area (Å²) in [5.74, 6) is 1.96. The number of Topliss-reactive ketones (excluding diaryl/α,β-unsaturated/α-hetero) is 1. The van der Waals surface area contributed by atoms with Gasteiger partial charge in [0.2, 0.25) is 0 Å². The van der Waals surface area contributed by atoms with Gasteiger partial charge in [-0.05, 0) is 58.5 Å². The molecule has 2 fully saturated rings. The number of ketones is 1. The lowest BCUT2D eigenvalue weighted by Gasteiger charge is -2.41. The van der Waals surface area contributed by atoms with Crippen LogP contribution in [0.4, 0.5) is 0 Å². The van der Waals surface area contributed by atoms with Crippen molar-refractivity contribution in [3.05, 3.63) is 20.8 Å². The molecule has 4 heteroatoms. The van der Waals surface area contributed by atoms with Crippen LogP contribution < -0.4 is 0 Å². The largest absolute Gasteiger partial charge is 0.295 e. The van der Waals surface area contributed by atoms with Crippen LogP contribution in [0.3, 0.4) is 0 Å². The molecule has 2 heterocycles.